The summed E-state index contributed by atoms with van der Waals surface area (Å²) in [6.07, 6.45) is 2.90. The highest BCUT2D eigenvalue weighted by Gasteiger charge is 2.46. The number of aliphatic carboxylic acids is 2. The Balaban J connectivity index is 1.28. The van der Waals surface area contributed by atoms with E-state index in [2.05, 4.69) is 10.2 Å². The van der Waals surface area contributed by atoms with E-state index in [4.69, 9.17) is 39.5 Å². The number of carbonyl (C=O) groups is 4. The number of ether oxygens (including phenoxy) is 1. The van der Waals surface area contributed by atoms with E-state index in [1.807, 2.05) is 4.90 Å². The lowest BCUT2D eigenvalue weighted by Crippen LogP contribution is -2.57. The van der Waals surface area contributed by atoms with Crippen molar-refractivity contribution >= 4 is 58.7 Å². The molecule has 4 atom stereocenters. The van der Waals surface area contributed by atoms with Crippen molar-refractivity contribution in [3.63, 3.8) is 0 Å². The molecule has 0 aliphatic carbocycles. The fraction of sp³-hybridized carbons (Fsp3) is 0.533. The molecular formula is C30H35Cl3N4O7. The fourth-order valence-electron chi connectivity index (χ4n) is 7.19. The van der Waals surface area contributed by atoms with Gasteiger partial charge in [0.2, 0.25) is 5.91 Å². The molecule has 3 saturated heterocycles. The monoisotopic (exact) mass is 668 g/mol. The number of dihydropyridines is 1. The molecule has 11 nitrogen and oxygen atoms in total. The second-order valence-corrected chi connectivity index (χ2v) is 13.1. The third-order valence-corrected chi connectivity index (χ3v) is 9.84. The van der Waals surface area contributed by atoms with Gasteiger partial charge in [0, 0.05) is 71.3 Å². The molecule has 4 aliphatic rings. The Labute approximate surface area is 270 Å². The molecule has 4 heterocycles. The average molecular weight is 670 g/mol. The maximum Gasteiger partial charge on any atom is 0.411 e. The van der Waals surface area contributed by atoms with E-state index in [0.717, 1.165) is 25.7 Å². The molecule has 0 radical (unpaired) electrons. The van der Waals surface area contributed by atoms with E-state index in [1.54, 1.807) is 17.9 Å². The minimum absolute atomic E-state index is 0.103. The SMILES string of the molecule is CC1=C(C(=O)O)C(c2c(Cl)cccc2Cl)C(C(=O)O)=C(CC(=O)N2CCN(C3CC4CCC(C3)N4C(=O)OC(C)Cl)CC2)N1. The van der Waals surface area contributed by atoms with Crippen molar-refractivity contribution in [1.29, 1.82) is 0 Å². The van der Waals surface area contributed by atoms with Gasteiger partial charge < -0.3 is 30.1 Å². The summed E-state index contributed by atoms with van der Waals surface area (Å²) in [6, 6.07) is 5.12. The number of alkyl halides is 1. The molecule has 3 fully saturated rings. The lowest BCUT2D eigenvalue weighted by molar-refractivity contribution is -0.133. The van der Waals surface area contributed by atoms with E-state index in [0.29, 0.717) is 26.2 Å². The van der Waals surface area contributed by atoms with Crippen LogP contribution in [0.5, 0.6) is 0 Å². The van der Waals surface area contributed by atoms with Crippen molar-refractivity contribution < 1.29 is 34.1 Å². The number of carboxylic acids is 2. The first-order chi connectivity index (χ1) is 20.9. The van der Waals surface area contributed by atoms with E-state index in [1.165, 1.54) is 19.1 Å². The summed E-state index contributed by atoms with van der Waals surface area (Å²) in [5.74, 6) is -4.24. The lowest BCUT2D eigenvalue weighted by Gasteiger charge is -2.45. The molecule has 3 N–H and O–H groups in total. The number of rotatable bonds is 7. The molecule has 4 unspecified atom stereocenters. The van der Waals surface area contributed by atoms with Crippen LogP contribution >= 0.6 is 34.8 Å². The second kappa shape index (κ2) is 13.2. The number of benzene rings is 1. The molecule has 5 rings (SSSR count). The van der Waals surface area contributed by atoms with Gasteiger partial charge in [0.05, 0.1) is 23.5 Å². The van der Waals surface area contributed by atoms with Crippen LogP contribution in [0, 0.1) is 0 Å². The Bertz CT molecular complexity index is 1390. The molecule has 2 bridgehead atoms. The number of nitrogens with one attached hydrogen (secondary N) is 1. The Kier molecular flexibility index (Phi) is 9.69. The highest BCUT2D eigenvalue weighted by atomic mass is 35.5. The van der Waals surface area contributed by atoms with Crippen LogP contribution in [0.15, 0.2) is 40.7 Å². The number of hydrogen-bond donors (Lipinski definition) is 3. The van der Waals surface area contributed by atoms with Crippen LogP contribution in [0.4, 0.5) is 4.79 Å². The third kappa shape index (κ3) is 6.38. The number of amides is 2. The molecule has 0 saturated carbocycles. The number of piperidine rings is 1. The van der Waals surface area contributed by atoms with Gasteiger partial charge in [-0.25, -0.2) is 14.4 Å². The smallest absolute Gasteiger partial charge is 0.411 e. The van der Waals surface area contributed by atoms with E-state index in [-0.39, 0.29) is 74.7 Å². The van der Waals surface area contributed by atoms with Crippen molar-refractivity contribution in [2.75, 3.05) is 26.2 Å². The largest absolute Gasteiger partial charge is 0.478 e. The first-order valence-electron chi connectivity index (χ1n) is 14.6. The fourth-order valence-corrected chi connectivity index (χ4v) is 7.88. The van der Waals surface area contributed by atoms with Crippen molar-refractivity contribution in [1.82, 2.24) is 20.0 Å². The maximum atomic E-state index is 13.5. The van der Waals surface area contributed by atoms with Gasteiger partial charge >= 0.3 is 18.0 Å². The molecule has 2 amide bonds. The van der Waals surface area contributed by atoms with Crippen molar-refractivity contribution in [3.8, 4) is 0 Å². The minimum atomic E-state index is -1.37. The Morgan fingerprint density at radius 2 is 1.52 bits per heavy atom. The number of carbonyl (C=O) groups excluding carboxylic acids is 2. The minimum Gasteiger partial charge on any atom is -0.478 e. The van der Waals surface area contributed by atoms with E-state index in [9.17, 15) is 29.4 Å². The van der Waals surface area contributed by atoms with Crippen LogP contribution in [0.3, 0.4) is 0 Å². The molecule has 0 spiro atoms. The van der Waals surface area contributed by atoms with Gasteiger partial charge in [-0.15, -0.1) is 0 Å². The summed E-state index contributed by atoms with van der Waals surface area (Å²) in [5.41, 5.74) is -0.685. The zero-order valence-corrected chi connectivity index (χ0v) is 26.7. The standard InChI is InChI=1S/C30H35Cl3N4O7/c1-15-24(28(39)40)27(25-20(32)4-3-5-21(25)33)26(29(41)42)22(34-15)14-23(38)36-10-8-35(9-11-36)19-12-17-6-7-18(13-19)37(17)30(43)44-16(2)31/h3-5,16-19,27,34H,6-14H2,1-2H3,(H,39,40)(H,41,42). The van der Waals surface area contributed by atoms with Crippen LogP contribution in [0.2, 0.25) is 10.0 Å². The van der Waals surface area contributed by atoms with Gasteiger partial charge in [-0.1, -0.05) is 40.9 Å². The number of nitrogens with zero attached hydrogens (tertiary/aromatic N) is 3. The first-order valence-corrected chi connectivity index (χ1v) is 15.8. The second-order valence-electron chi connectivity index (χ2n) is 11.7. The van der Waals surface area contributed by atoms with Crippen LogP contribution < -0.4 is 5.32 Å². The van der Waals surface area contributed by atoms with Crippen LogP contribution in [-0.4, -0.2) is 98.7 Å². The Hall–Kier alpha value is -2.99. The summed E-state index contributed by atoms with van der Waals surface area (Å²) in [6.45, 7) is 5.37. The predicted octanol–water partition coefficient (Wildman–Crippen LogP) is 4.63. The summed E-state index contributed by atoms with van der Waals surface area (Å²) < 4.78 is 5.25. The highest BCUT2D eigenvalue weighted by molar-refractivity contribution is 6.36. The third-order valence-electron chi connectivity index (χ3n) is 9.09. The highest BCUT2D eigenvalue weighted by Crippen LogP contribution is 2.45. The average Bonchev–Trinajstić information content (AvgIpc) is 3.21. The summed E-state index contributed by atoms with van der Waals surface area (Å²) in [7, 11) is 0. The topological polar surface area (TPSA) is 140 Å². The normalized spacial score (nSPS) is 26.4. The van der Waals surface area contributed by atoms with Crippen molar-refractivity contribution in [2.24, 2.45) is 0 Å². The number of allylic oxidation sites excluding steroid dienone is 1. The maximum absolute atomic E-state index is 13.5. The van der Waals surface area contributed by atoms with Gasteiger partial charge in [-0.3, -0.25) is 9.69 Å². The quantitative estimate of drug-likeness (QED) is 0.355. The van der Waals surface area contributed by atoms with Gasteiger partial charge in [0.15, 0.2) is 5.56 Å². The molecule has 238 valence electrons. The zero-order valence-electron chi connectivity index (χ0n) is 24.4. The van der Waals surface area contributed by atoms with Gasteiger partial charge in [-0.2, -0.15) is 0 Å². The number of hydrogen-bond acceptors (Lipinski definition) is 7. The van der Waals surface area contributed by atoms with Gasteiger partial charge in [0.25, 0.3) is 0 Å². The van der Waals surface area contributed by atoms with Crippen LogP contribution in [0.25, 0.3) is 0 Å². The first kappa shape index (κ1) is 32.4. The van der Waals surface area contributed by atoms with Crippen LogP contribution in [-0.2, 0) is 19.1 Å². The summed E-state index contributed by atoms with van der Waals surface area (Å²) in [5, 5.41) is 23.5. The van der Waals surface area contributed by atoms with Gasteiger partial charge in [-0.05, 0) is 51.7 Å². The number of piperazine rings is 1. The van der Waals surface area contributed by atoms with Gasteiger partial charge in [0.1, 0.15) is 0 Å². The number of fused-ring (bicyclic) bond motifs is 2. The van der Waals surface area contributed by atoms with Crippen molar-refractivity contribution in [3.05, 3.63) is 56.3 Å². The van der Waals surface area contributed by atoms with E-state index >= 15 is 0 Å². The molecular weight excluding hydrogens is 635 g/mol. The molecule has 44 heavy (non-hydrogen) atoms. The van der Waals surface area contributed by atoms with E-state index < -0.39 is 23.4 Å². The Morgan fingerprint density at radius 1 is 0.955 bits per heavy atom. The van der Waals surface area contributed by atoms with Crippen molar-refractivity contribution in [2.45, 2.75) is 75.6 Å². The number of carboxylic acid groups (broad SMARTS) is 2. The summed E-state index contributed by atoms with van der Waals surface area (Å²) >= 11 is 18.7. The zero-order chi connectivity index (χ0) is 31.9. The molecule has 1 aromatic carbocycles. The lowest BCUT2D eigenvalue weighted by atomic mass is 9.79. The molecule has 0 aromatic heterocycles. The molecule has 1 aromatic rings. The summed E-state index contributed by atoms with van der Waals surface area (Å²) in [4.78, 5) is 56.9. The predicted molar refractivity (Wildman–Crippen MR) is 164 cm³/mol. The van der Waals surface area contributed by atoms with Crippen LogP contribution in [0.1, 0.15) is 57.4 Å². The number of halogens is 3. The Morgan fingerprint density at radius 3 is 2.05 bits per heavy atom. The molecule has 4 aliphatic heterocycles. The molecule has 14 heteroatoms.